The van der Waals surface area contributed by atoms with E-state index in [0.29, 0.717) is 18.5 Å². The van der Waals surface area contributed by atoms with E-state index in [4.69, 9.17) is 10.2 Å². The highest BCUT2D eigenvalue weighted by Crippen LogP contribution is 2.34. The smallest absolute Gasteiger partial charge is 0.315 e. The number of anilines is 1. The summed E-state index contributed by atoms with van der Waals surface area (Å²) in [6.45, 7) is 2.45. The Bertz CT molecular complexity index is 292. The highest BCUT2D eigenvalue weighted by molar-refractivity contribution is 5.25. The van der Waals surface area contributed by atoms with Crippen molar-refractivity contribution in [2.45, 2.75) is 38.3 Å². The van der Waals surface area contributed by atoms with Crippen LogP contribution in [0.1, 0.15) is 32.1 Å². The molecule has 0 aliphatic heterocycles. The van der Waals surface area contributed by atoms with Gasteiger partial charge in [-0.05, 0) is 26.2 Å². The number of aromatic nitrogens is 2. The number of nitrogens with two attached hydrogens (primary N) is 1. The minimum atomic E-state index is 0.151. The molecular weight excluding hydrogens is 168 g/mol. The van der Waals surface area contributed by atoms with E-state index in [1.807, 2.05) is 0 Å². The topological polar surface area (TPSA) is 77.0 Å². The summed E-state index contributed by atoms with van der Waals surface area (Å²) in [5, 5.41) is 10.8. The lowest BCUT2D eigenvalue weighted by atomic mass is 9.79. The van der Waals surface area contributed by atoms with Crippen LogP contribution in [0.2, 0.25) is 0 Å². The lowest BCUT2D eigenvalue weighted by molar-refractivity contribution is 0.297. The van der Waals surface area contributed by atoms with Crippen molar-refractivity contribution < 1.29 is 4.42 Å². The standard InChI is InChI=1S/C8H14N4O/c1-8(3-2-4-8)10-7-12-11-6(5-9)13-7/h2-5,9H2,1H3,(H,10,12). The van der Waals surface area contributed by atoms with Gasteiger partial charge in [0.15, 0.2) is 0 Å². The summed E-state index contributed by atoms with van der Waals surface area (Å²) >= 11 is 0. The van der Waals surface area contributed by atoms with E-state index < -0.39 is 0 Å². The molecule has 0 unspecified atom stereocenters. The summed E-state index contributed by atoms with van der Waals surface area (Å²) in [5.74, 6) is 0.477. The molecule has 0 bridgehead atoms. The molecule has 1 aliphatic rings. The molecule has 0 amide bonds. The van der Waals surface area contributed by atoms with E-state index >= 15 is 0 Å². The molecule has 3 N–H and O–H groups in total. The highest BCUT2D eigenvalue weighted by atomic mass is 16.4. The van der Waals surface area contributed by atoms with Crippen LogP contribution >= 0.6 is 0 Å². The molecule has 1 saturated carbocycles. The van der Waals surface area contributed by atoms with Crippen LogP contribution in [0.15, 0.2) is 4.42 Å². The SMILES string of the molecule is CC1(Nc2nnc(CN)o2)CCC1. The fraction of sp³-hybridized carbons (Fsp3) is 0.750. The molecule has 0 spiro atoms. The second kappa shape index (κ2) is 2.99. The third-order valence-electron chi connectivity index (χ3n) is 2.51. The average molecular weight is 182 g/mol. The van der Waals surface area contributed by atoms with Gasteiger partial charge in [0.1, 0.15) is 0 Å². The Hall–Kier alpha value is -1.10. The number of nitrogens with zero attached hydrogens (tertiary/aromatic N) is 2. The molecule has 2 rings (SSSR count). The molecule has 1 fully saturated rings. The first kappa shape index (κ1) is 8.50. The fourth-order valence-electron chi connectivity index (χ4n) is 1.48. The first-order valence-electron chi connectivity index (χ1n) is 4.52. The molecule has 1 aromatic heterocycles. The zero-order chi connectivity index (χ0) is 9.31. The Labute approximate surface area is 76.7 Å². The predicted octanol–water partition coefficient (Wildman–Crippen LogP) is 0.883. The van der Waals surface area contributed by atoms with Gasteiger partial charge in [-0.15, -0.1) is 5.10 Å². The first-order valence-corrected chi connectivity index (χ1v) is 4.52. The molecule has 1 heterocycles. The van der Waals surface area contributed by atoms with Gasteiger partial charge in [-0.2, -0.15) is 0 Å². The summed E-state index contributed by atoms with van der Waals surface area (Å²) in [6.07, 6.45) is 3.59. The summed E-state index contributed by atoms with van der Waals surface area (Å²) < 4.78 is 5.25. The van der Waals surface area contributed by atoms with E-state index in [0.717, 1.165) is 12.8 Å². The Balaban J connectivity index is 2.01. The molecular formula is C8H14N4O. The van der Waals surface area contributed by atoms with Crippen LogP contribution in [0.3, 0.4) is 0 Å². The quantitative estimate of drug-likeness (QED) is 0.725. The normalized spacial score (nSPS) is 19.5. The predicted molar refractivity (Wildman–Crippen MR) is 48.1 cm³/mol. The Morgan fingerprint density at radius 1 is 1.54 bits per heavy atom. The van der Waals surface area contributed by atoms with Crippen molar-refractivity contribution in [3.05, 3.63) is 5.89 Å². The van der Waals surface area contributed by atoms with E-state index in [1.165, 1.54) is 6.42 Å². The Kier molecular flexibility index (Phi) is 1.95. The zero-order valence-electron chi connectivity index (χ0n) is 7.71. The zero-order valence-corrected chi connectivity index (χ0v) is 7.71. The van der Waals surface area contributed by atoms with Gasteiger partial charge in [-0.1, -0.05) is 5.10 Å². The maximum absolute atomic E-state index is 5.35. The van der Waals surface area contributed by atoms with Crippen molar-refractivity contribution in [3.8, 4) is 0 Å². The van der Waals surface area contributed by atoms with Gasteiger partial charge in [0, 0.05) is 5.54 Å². The maximum Gasteiger partial charge on any atom is 0.315 e. The van der Waals surface area contributed by atoms with Gasteiger partial charge in [-0.3, -0.25) is 0 Å². The van der Waals surface area contributed by atoms with Crippen LogP contribution in [0.4, 0.5) is 6.01 Å². The molecule has 0 radical (unpaired) electrons. The molecule has 1 aromatic rings. The van der Waals surface area contributed by atoms with Crippen molar-refractivity contribution in [2.24, 2.45) is 5.73 Å². The average Bonchev–Trinajstić information content (AvgIpc) is 2.49. The minimum Gasteiger partial charge on any atom is -0.407 e. The van der Waals surface area contributed by atoms with Gasteiger partial charge in [0.05, 0.1) is 6.54 Å². The van der Waals surface area contributed by atoms with Crippen LogP contribution in [-0.2, 0) is 6.54 Å². The van der Waals surface area contributed by atoms with Crippen LogP contribution in [0.25, 0.3) is 0 Å². The van der Waals surface area contributed by atoms with Crippen molar-refractivity contribution in [1.82, 2.24) is 10.2 Å². The Morgan fingerprint density at radius 3 is 2.77 bits per heavy atom. The molecule has 1 aliphatic carbocycles. The second-order valence-electron chi connectivity index (χ2n) is 3.74. The third kappa shape index (κ3) is 1.65. The monoisotopic (exact) mass is 182 g/mol. The van der Waals surface area contributed by atoms with Crippen molar-refractivity contribution in [2.75, 3.05) is 5.32 Å². The minimum absolute atomic E-state index is 0.151. The number of rotatable bonds is 3. The molecule has 0 atom stereocenters. The molecule has 0 aromatic carbocycles. The van der Waals surface area contributed by atoms with E-state index in [-0.39, 0.29) is 5.54 Å². The molecule has 5 nitrogen and oxygen atoms in total. The maximum atomic E-state index is 5.35. The lowest BCUT2D eigenvalue weighted by Gasteiger charge is -2.38. The van der Waals surface area contributed by atoms with Gasteiger partial charge >= 0.3 is 6.01 Å². The lowest BCUT2D eigenvalue weighted by Crippen LogP contribution is -2.41. The van der Waals surface area contributed by atoms with Crippen LogP contribution in [0, 0.1) is 0 Å². The first-order chi connectivity index (χ1) is 6.22. The van der Waals surface area contributed by atoms with E-state index in [1.54, 1.807) is 0 Å². The van der Waals surface area contributed by atoms with Crippen LogP contribution < -0.4 is 11.1 Å². The van der Waals surface area contributed by atoms with Crippen molar-refractivity contribution in [1.29, 1.82) is 0 Å². The van der Waals surface area contributed by atoms with Crippen LogP contribution in [0.5, 0.6) is 0 Å². The summed E-state index contributed by atoms with van der Waals surface area (Å²) in [7, 11) is 0. The number of nitrogens with one attached hydrogen (secondary N) is 1. The van der Waals surface area contributed by atoms with E-state index in [2.05, 4.69) is 22.4 Å². The molecule has 13 heavy (non-hydrogen) atoms. The van der Waals surface area contributed by atoms with Gasteiger partial charge in [-0.25, -0.2) is 0 Å². The van der Waals surface area contributed by atoms with Crippen molar-refractivity contribution >= 4 is 6.01 Å². The Morgan fingerprint density at radius 2 is 2.31 bits per heavy atom. The largest absolute Gasteiger partial charge is 0.407 e. The van der Waals surface area contributed by atoms with E-state index in [9.17, 15) is 0 Å². The summed E-state index contributed by atoms with van der Waals surface area (Å²) in [6, 6.07) is 0.489. The highest BCUT2D eigenvalue weighted by Gasteiger charge is 2.32. The third-order valence-corrected chi connectivity index (χ3v) is 2.51. The van der Waals surface area contributed by atoms with Crippen molar-refractivity contribution in [3.63, 3.8) is 0 Å². The number of hydrogen-bond acceptors (Lipinski definition) is 5. The molecule has 72 valence electrons. The van der Waals surface area contributed by atoms with Crippen LogP contribution in [-0.4, -0.2) is 15.7 Å². The summed E-state index contributed by atoms with van der Waals surface area (Å²) in [4.78, 5) is 0. The fourth-order valence-corrected chi connectivity index (χ4v) is 1.48. The second-order valence-corrected chi connectivity index (χ2v) is 3.74. The summed E-state index contributed by atoms with van der Waals surface area (Å²) in [5.41, 5.74) is 5.50. The van der Waals surface area contributed by atoms with Gasteiger partial charge in [0.2, 0.25) is 5.89 Å². The van der Waals surface area contributed by atoms with Gasteiger partial charge in [0.25, 0.3) is 0 Å². The van der Waals surface area contributed by atoms with Gasteiger partial charge < -0.3 is 15.5 Å². The molecule has 5 heteroatoms. The molecule has 0 saturated heterocycles. The number of hydrogen-bond donors (Lipinski definition) is 2.